The largest absolute Gasteiger partial charge is 0.471 e. The lowest BCUT2D eigenvalue weighted by Crippen LogP contribution is -2.27. The quantitative estimate of drug-likeness (QED) is 0.453. The maximum absolute atomic E-state index is 5.61. The fourth-order valence-corrected chi connectivity index (χ4v) is 2.86. The maximum Gasteiger partial charge on any atom is 0.256 e. The SMILES string of the molecule is CCCCNC(=S)OCC1CC2C=CC1C2. The molecule has 1 fully saturated rings. The van der Waals surface area contributed by atoms with E-state index >= 15 is 0 Å². The third kappa shape index (κ3) is 2.97. The van der Waals surface area contributed by atoms with Gasteiger partial charge in [0.15, 0.2) is 0 Å². The molecule has 0 heterocycles. The molecule has 2 aliphatic carbocycles. The van der Waals surface area contributed by atoms with Gasteiger partial charge in [0, 0.05) is 6.54 Å². The zero-order valence-electron chi connectivity index (χ0n) is 9.95. The van der Waals surface area contributed by atoms with Gasteiger partial charge in [-0.2, -0.15) is 0 Å². The van der Waals surface area contributed by atoms with Gasteiger partial charge in [0.1, 0.15) is 0 Å². The van der Waals surface area contributed by atoms with Crippen LogP contribution in [0.3, 0.4) is 0 Å². The molecule has 3 unspecified atom stereocenters. The predicted octanol–water partition coefficient (Wildman–Crippen LogP) is 2.89. The number of allylic oxidation sites excluding steroid dienone is 2. The average molecular weight is 239 g/mol. The smallest absolute Gasteiger partial charge is 0.256 e. The van der Waals surface area contributed by atoms with Gasteiger partial charge in [0.25, 0.3) is 5.17 Å². The highest BCUT2D eigenvalue weighted by atomic mass is 32.1. The van der Waals surface area contributed by atoms with Crippen LogP contribution >= 0.6 is 12.2 Å². The molecule has 2 bridgehead atoms. The molecule has 0 aromatic carbocycles. The van der Waals surface area contributed by atoms with E-state index in [0.717, 1.165) is 31.4 Å². The fraction of sp³-hybridized carbons (Fsp3) is 0.769. The molecule has 0 aliphatic heterocycles. The van der Waals surface area contributed by atoms with Crippen LogP contribution in [0.15, 0.2) is 12.2 Å². The van der Waals surface area contributed by atoms with Crippen molar-refractivity contribution in [2.45, 2.75) is 32.6 Å². The molecule has 0 radical (unpaired) electrons. The van der Waals surface area contributed by atoms with Gasteiger partial charge in [-0.3, -0.25) is 0 Å². The van der Waals surface area contributed by atoms with Crippen molar-refractivity contribution in [3.63, 3.8) is 0 Å². The van der Waals surface area contributed by atoms with Crippen molar-refractivity contribution in [1.29, 1.82) is 0 Å². The Hall–Kier alpha value is -0.570. The van der Waals surface area contributed by atoms with Crippen molar-refractivity contribution < 1.29 is 4.74 Å². The molecule has 90 valence electrons. The zero-order valence-corrected chi connectivity index (χ0v) is 10.8. The summed E-state index contributed by atoms with van der Waals surface area (Å²) in [6.45, 7) is 3.91. The van der Waals surface area contributed by atoms with Gasteiger partial charge in [-0.25, -0.2) is 0 Å². The average Bonchev–Trinajstić information content (AvgIpc) is 2.88. The van der Waals surface area contributed by atoms with Crippen molar-refractivity contribution in [1.82, 2.24) is 5.32 Å². The van der Waals surface area contributed by atoms with Gasteiger partial charge in [-0.05, 0) is 49.2 Å². The van der Waals surface area contributed by atoms with E-state index in [4.69, 9.17) is 17.0 Å². The van der Waals surface area contributed by atoms with Gasteiger partial charge in [-0.1, -0.05) is 25.5 Å². The molecule has 1 N–H and O–H groups in total. The molecule has 0 aromatic heterocycles. The number of nitrogens with one attached hydrogen (secondary N) is 1. The van der Waals surface area contributed by atoms with Gasteiger partial charge < -0.3 is 10.1 Å². The van der Waals surface area contributed by atoms with Crippen molar-refractivity contribution in [2.75, 3.05) is 13.2 Å². The Kier molecular flexibility index (Phi) is 4.22. The molecule has 0 spiro atoms. The predicted molar refractivity (Wildman–Crippen MR) is 70.3 cm³/mol. The van der Waals surface area contributed by atoms with E-state index in [9.17, 15) is 0 Å². The van der Waals surface area contributed by atoms with Gasteiger partial charge in [-0.15, -0.1) is 0 Å². The zero-order chi connectivity index (χ0) is 11.4. The van der Waals surface area contributed by atoms with Crippen LogP contribution in [0.2, 0.25) is 0 Å². The number of fused-ring (bicyclic) bond motifs is 2. The van der Waals surface area contributed by atoms with Crippen molar-refractivity contribution in [3.8, 4) is 0 Å². The highest BCUT2D eigenvalue weighted by molar-refractivity contribution is 7.80. The second kappa shape index (κ2) is 5.67. The normalized spacial score (nSPS) is 30.7. The first-order chi connectivity index (χ1) is 7.79. The number of ether oxygens (including phenoxy) is 1. The summed E-state index contributed by atoms with van der Waals surface area (Å²) >= 11 is 5.14. The Morgan fingerprint density at radius 3 is 2.94 bits per heavy atom. The lowest BCUT2D eigenvalue weighted by atomic mass is 9.95. The minimum absolute atomic E-state index is 0.584. The highest BCUT2D eigenvalue weighted by Gasteiger charge is 2.35. The summed E-state index contributed by atoms with van der Waals surface area (Å²) in [7, 11) is 0. The molecule has 0 aromatic rings. The number of hydrogen-bond donors (Lipinski definition) is 1. The summed E-state index contributed by atoms with van der Waals surface area (Å²) < 4.78 is 5.61. The lowest BCUT2D eigenvalue weighted by molar-refractivity contribution is 0.214. The van der Waals surface area contributed by atoms with Gasteiger partial charge in [0.2, 0.25) is 0 Å². The first kappa shape index (κ1) is 11.9. The number of unbranched alkanes of at least 4 members (excludes halogenated alkanes) is 1. The molecule has 16 heavy (non-hydrogen) atoms. The van der Waals surface area contributed by atoms with E-state index < -0.39 is 0 Å². The van der Waals surface area contributed by atoms with Crippen LogP contribution < -0.4 is 5.32 Å². The van der Waals surface area contributed by atoms with E-state index in [0.29, 0.717) is 11.1 Å². The summed E-state index contributed by atoms with van der Waals surface area (Å²) in [5, 5.41) is 3.73. The lowest BCUT2D eigenvalue weighted by Gasteiger charge is -2.19. The molecule has 3 heteroatoms. The van der Waals surface area contributed by atoms with Crippen LogP contribution in [0, 0.1) is 17.8 Å². The first-order valence-corrected chi connectivity index (χ1v) is 6.79. The molecule has 2 rings (SSSR count). The first-order valence-electron chi connectivity index (χ1n) is 6.38. The highest BCUT2D eigenvalue weighted by Crippen LogP contribution is 2.43. The van der Waals surface area contributed by atoms with Crippen molar-refractivity contribution in [2.24, 2.45) is 17.8 Å². The summed E-state index contributed by atoms with van der Waals surface area (Å²) in [6, 6.07) is 0. The molecular weight excluding hydrogens is 218 g/mol. The third-order valence-corrected chi connectivity index (χ3v) is 3.91. The summed E-state index contributed by atoms with van der Waals surface area (Å²) in [4.78, 5) is 0. The maximum atomic E-state index is 5.61. The molecular formula is C13H21NOS. The van der Waals surface area contributed by atoms with Crippen LogP contribution in [-0.4, -0.2) is 18.3 Å². The van der Waals surface area contributed by atoms with Crippen LogP contribution in [-0.2, 0) is 4.74 Å². The van der Waals surface area contributed by atoms with E-state index in [1.54, 1.807) is 0 Å². The number of hydrogen-bond acceptors (Lipinski definition) is 2. The van der Waals surface area contributed by atoms with Gasteiger partial charge in [0.05, 0.1) is 6.61 Å². The molecule has 0 saturated heterocycles. The summed E-state index contributed by atoms with van der Waals surface area (Å²) in [5.74, 6) is 2.27. The van der Waals surface area contributed by atoms with Crippen LogP contribution in [0.5, 0.6) is 0 Å². The standard InChI is InChI=1S/C13H21NOS/c1-2-3-6-14-13(16)15-9-12-8-10-4-5-11(12)7-10/h4-5,10-12H,2-3,6-9H2,1H3,(H,14,16). The van der Waals surface area contributed by atoms with Crippen molar-refractivity contribution >= 4 is 17.4 Å². The Labute approximate surface area is 103 Å². The Morgan fingerprint density at radius 2 is 2.31 bits per heavy atom. The van der Waals surface area contributed by atoms with E-state index in [1.165, 1.54) is 19.3 Å². The minimum atomic E-state index is 0.584. The van der Waals surface area contributed by atoms with Crippen molar-refractivity contribution in [3.05, 3.63) is 12.2 Å². The minimum Gasteiger partial charge on any atom is -0.471 e. The summed E-state index contributed by atoms with van der Waals surface area (Å²) in [5.41, 5.74) is 0. The van der Waals surface area contributed by atoms with Crippen LogP contribution in [0.1, 0.15) is 32.6 Å². The monoisotopic (exact) mass is 239 g/mol. The Balaban J connectivity index is 1.61. The fourth-order valence-electron chi connectivity index (χ4n) is 2.69. The van der Waals surface area contributed by atoms with Crippen LogP contribution in [0.25, 0.3) is 0 Å². The Bertz CT molecular complexity index is 277. The molecule has 2 nitrogen and oxygen atoms in total. The summed E-state index contributed by atoms with van der Waals surface area (Å²) in [6.07, 6.45) is 9.69. The number of thiocarbonyl (C=S) groups is 1. The second-order valence-electron chi connectivity index (χ2n) is 4.92. The van der Waals surface area contributed by atoms with E-state index in [1.807, 2.05) is 0 Å². The van der Waals surface area contributed by atoms with Crippen LogP contribution in [0.4, 0.5) is 0 Å². The topological polar surface area (TPSA) is 21.3 Å². The van der Waals surface area contributed by atoms with E-state index in [2.05, 4.69) is 24.4 Å². The van der Waals surface area contributed by atoms with E-state index in [-0.39, 0.29) is 0 Å². The molecule has 2 aliphatic rings. The molecule has 3 atom stereocenters. The number of rotatable bonds is 5. The van der Waals surface area contributed by atoms with Gasteiger partial charge >= 0.3 is 0 Å². The molecule has 1 saturated carbocycles. The third-order valence-electron chi connectivity index (χ3n) is 3.64. The second-order valence-corrected chi connectivity index (χ2v) is 5.29. The molecule has 0 amide bonds. The Morgan fingerprint density at radius 1 is 1.44 bits per heavy atom.